The van der Waals surface area contributed by atoms with E-state index in [4.69, 9.17) is 17.4 Å². The van der Waals surface area contributed by atoms with Crippen LogP contribution in [0.25, 0.3) is 0 Å². The second-order valence-corrected chi connectivity index (χ2v) is 4.23. The van der Waals surface area contributed by atoms with Gasteiger partial charge in [0.05, 0.1) is 4.90 Å². The van der Waals surface area contributed by atoms with E-state index < -0.39 is 10.0 Å². The molecule has 0 atom stereocenters. The molecule has 0 aromatic heterocycles. The summed E-state index contributed by atoms with van der Waals surface area (Å²) in [7, 11) is -3.58. The highest BCUT2D eigenvalue weighted by Crippen LogP contribution is 2.14. The summed E-state index contributed by atoms with van der Waals surface area (Å²) in [6.07, 6.45) is 0. The number of hydrazine groups is 1. The van der Waals surface area contributed by atoms with E-state index in [1.54, 1.807) is 10.9 Å². The molecule has 0 spiro atoms. The van der Waals surface area contributed by atoms with Crippen LogP contribution >= 0.6 is 11.6 Å². The van der Waals surface area contributed by atoms with Crippen LogP contribution in [0.2, 0.25) is 5.02 Å². The zero-order valence-electron chi connectivity index (χ0n) is 5.99. The van der Waals surface area contributed by atoms with Crippen molar-refractivity contribution in [2.24, 2.45) is 5.84 Å². The van der Waals surface area contributed by atoms with Crippen LogP contribution in [0.4, 0.5) is 0 Å². The van der Waals surface area contributed by atoms with Gasteiger partial charge in [-0.3, -0.25) is 5.84 Å². The summed E-state index contributed by atoms with van der Waals surface area (Å²) in [4.78, 5) is 1.75. The van der Waals surface area contributed by atoms with Crippen LogP contribution < -0.4 is 10.7 Å². The number of rotatable bonds is 2. The van der Waals surface area contributed by atoms with E-state index in [1.165, 1.54) is 18.2 Å². The van der Waals surface area contributed by atoms with Crippen molar-refractivity contribution in [2.75, 3.05) is 0 Å². The highest BCUT2D eigenvalue weighted by Gasteiger charge is 2.10. The molecule has 0 saturated carbocycles. The average Bonchev–Trinajstić information content (AvgIpc) is 2.05. The van der Waals surface area contributed by atoms with Gasteiger partial charge in [0.1, 0.15) is 0 Å². The van der Waals surface area contributed by atoms with Gasteiger partial charge in [0.15, 0.2) is 0 Å². The normalized spacial score (nSPS) is 11.5. The molecule has 0 aliphatic rings. The number of sulfonamides is 1. The van der Waals surface area contributed by atoms with E-state index in [0.29, 0.717) is 5.02 Å². The predicted molar refractivity (Wildman–Crippen MR) is 46.0 cm³/mol. The van der Waals surface area contributed by atoms with Gasteiger partial charge in [0, 0.05) is 5.02 Å². The van der Waals surface area contributed by atoms with Crippen molar-refractivity contribution in [3.63, 3.8) is 0 Å². The molecule has 0 bridgehead atoms. The quantitative estimate of drug-likeness (QED) is 0.547. The zero-order valence-corrected chi connectivity index (χ0v) is 7.56. The predicted octanol–water partition coefficient (Wildman–Crippen LogP) is 0.492. The molecule has 4 nitrogen and oxygen atoms in total. The molecule has 0 saturated heterocycles. The van der Waals surface area contributed by atoms with Gasteiger partial charge in [-0.2, -0.15) is 4.83 Å². The van der Waals surface area contributed by atoms with Crippen LogP contribution in [-0.2, 0) is 10.0 Å². The first-order valence-electron chi connectivity index (χ1n) is 3.04. The van der Waals surface area contributed by atoms with Gasteiger partial charge in [0.2, 0.25) is 0 Å². The monoisotopic (exact) mass is 206 g/mol. The van der Waals surface area contributed by atoms with E-state index in [1.807, 2.05) is 0 Å². The molecular weight excluding hydrogens is 200 g/mol. The Morgan fingerprint density at radius 1 is 1.42 bits per heavy atom. The molecule has 0 aliphatic heterocycles. The fraction of sp³-hybridized carbons (Fsp3) is 0. The lowest BCUT2D eigenvalue weighted by Crippen LogP contribution is -2.30. The Morgan fingerprint density at radius 2 is 2.08 bits per heavy atom. The maximum absolute atomic E-state index is 11.1. The largest absolute Gasteiger partial charge is 0.257 e. The topological polar surface area (TPSA) is 72.2 Å². The minimum absolute atomic E-state index is 0.0532. The van der Waals surface area contributed by atoms with Gasteiger partial charge in [-0.15, -0.1) is 0 Å². The molecule has 0 amide bonds. The third-order valence-corrected chi connectivity index (χ3v) is 2.68. The standard InChI is InChI=1S/C6H7ClN2O2S/c7-5-2-1-3-6(4-5)12(10,11)9-8/h1-4,9H,8H2. The average molecular weight is 207 g/mol. The number of benzene rings is 1. The van der Waals surface area contributed by atoms with E-state index in [9.17, 15) is 8.42 Å². The van der Waals surface area contributed by atoms with Crippen molar-refractivity contribution in [1.82, 2.24) is 4.83 Å². The minimum Gasteiger partial charge on any atom is -0.257 e. The van der Waals surface area contributed by atoms with Crippen molar-refractivity contribution < 1.29 is 8.42 Å². The summed E-state index contributed by atoms with van der Waals surface area (Å²) in [5, 5.41) is 0.353. The second kappa shape index (κ2) is 3.40. The highest BCUT2D eigenvalue weighted by molar-refractivity contribution is 7.89. The first kappa shape index (κ1) is 9.47. The van der Waals surface area contributed by atoms with E-state index in [0.717, 1.165) is 0 Å². The van der Waals surface area contributed by atoms with Crippen LogP contribution in [0.3, 0.4) is 0 Å². The summed E-state index contributed by atoms with van der Waals surface area (Å²) in [5.74, 6) is 4.81. The van der Waals surface area contributed by atoms with E-state index in [2.05, 4.69) is 0 Å². The number of halogens is 1. The van der Waals surface area contributed by atoms with Crippen molar-refractivity contribution in [3.05, 3.63) is 29.3 Å². The molecular formula is C6H7ClN2O2S. The number of nitrogens with one attached hydrogen (secondary N) is 1. The van der Waals surface area contributed by atoms with Gasteiger partial charge in [-0.25, -0.2) is 8.42 Å². The van der Waals surface area contributed by atoms with Crippen LogP contribution in [0.5, 0.6) is 0 Å². The Bertz CT molecular complexity index is 377. The Labute approximate surface area is 75.4 Å². The maximum Gasteiger partial charge on any atom is 0.253 e. The minimum atomic E-state index is -3.58. The lowest BCUT2D eigenvalue weighted by molar-refractivity contribution is 0.584. The molecule has 3 N–H and O–H groups in total. The van der Waals surface area contributed by atoms with Crippen molar-refractivity contribution >= 4 is 21.6 Å². The maximum atomic E-state index is 11.1. The highest BCUT2D eigenvalue weighted by atomic mass is 35.5. The van der Waals surface area contributed by atoms with Gasteiger partial charge < -0.3 is 0 Å². The SMILES string of the molecule is NNS(=O)(=O)c1cccc(Cl)c1. The smallest absolute Gasteiger partial charge is 0.253 e. The Kier molecular flexibility index (Phi) is 2.69. The van der Waals surface area contributed by atoms with Crippen molar-refractivity contribution in [2.45, 2.75) is 4.90 Å². The number of hydrogen-bond acceptors (Lipinski definition) is 3. The summed E-state index contributed by atoms with van der Waals surface area (Å²) in [6, 6.07) is 5.83. The van der Waals surface area contributed by atoms with Crippen LogP contribution in [0, 0.1) is 0 Å². The fourth-order valence-electron chi connectivity index (χ4n) is 0.702. The third kappa shape index (κ3) is 1.95. The summed E-state index contributed by atoms with van der Waals surface area (Å²) < 4.78 is 22.1. The number of hydrogen-bond donors (Lipinski definition) is 2. The second-order valence-electron chi connectivity index (χ2n) is 2.08. The summed E-state index contributed by atoms with van der Waals surface area (Å²) in [5.41, 5.74) is 0. The van der Waals surface area contributed by atoms with Gasteiger partial charge in [0.25, 0.3) is 10.0 Å². The van der Waals surface area contributed by atoms with Gasteiger partial charge in [-0.1, -0.05) is 17.7 Å². The molecule has 1 aromatic carbocycles. The summed E-state index contributed by atoms with van der Waals surface area (Å²) >= 11 is 5.57. The van der Waals surface area contributed by atoms with Crippen molar-refractivity contribution in [3.8, 4) is 0 Å². The van der Waals surface area contributed by atoms with Crippen LogP contribution in [-0.4, -0.2) is 8.42 Å². The molecule has 12 heavy (non-hydrogen) atoms. The fourth-order valence-corrected chi connectivity index (χ4v) is 1.63. The lowest BCUT2D eigenvalue weighted by Gasteiger charge is -2.00. The first-order chi connectivity index (χ1) is 5.56. The molecule has 0 unspecified atom stereocenters. The van der Waals surface area contributed by atoms with Gasteiger partial charge >= 0.3 is 0 Å². The molecule has 6 heteroatoms. The molecule has 1 rings (SSSR count). The Hall–Kier alpha value is -0.620. The van der Waals surface area contributed by atoms with E-state index in [-0.39, 0.29) is 4.90 Å². The molecule has 0 fully saturated rings. The Balaban J connectivity index is 3.21. The summed E-state index contributed by atoms with van der Waals surface area (Å²) in [6.45, 7) is 0. The molecule has 0 radical (unpaired) electrons. The first-order valence-corrected chi connectivity index (χ1v) is 4.90. The number of nitrogens with two attached hydrogens (primary N) is 1. The zero-order chi connectivity index (χ0) is 9.19. The van der Waals surface area contributed by atoms with E-state index >= 15 is 0 Å². The molecule has 0 aliphatic carbocycles. The molecule has 66 valence electrons. The molecule has 0 heterocycles. The van der Waals surface area contributed by atoms with Crippen molar-refractivity contribution in [1.29, 1.82) is 0 Å². The van der Waals surface area contributed by atoms with Gasteiger partial charge in [-0.05, 0) is 18.2 Å². The Morgan fingerprint density at radius 3 is 2.58 bits per heavy atom. The lowest BCUT2D eigenvalue weighted by atomic mass is 10.4. The van der Waals surface area contributed by atoms with Crippen LogP contribution in [0.15, 0.2) is 29.2 Å². The third-order valence-electron chi connectivity index (χ3n) is 1.26. The van der Waals surface area contributed by atoms with Crippen LogP contribution in [0.1, 0.15) is 0 Å². The molecule has 1 aromatic rings.